The highest BCUT2D eigenvalue weighted by molar-refractivity contribution is 6.30. The first-order valence-electron chi connectivity index (χ1n) is 6.35. The van der Waals surface area contributed by atoms with Gasteiger partial charge >= 0.3 is 6.18 Å². The summed E-state index contributed by atoms with van der Waals surface area (Å²) >= 11 is 5.60. The van der Waals surface area contributed by atoms with Gasteiger partial charge in [-0.3, -0.25) is 4.79 Å². The van der Waals surface area contributed by atoms with Gasteiger partial charge in [0.1, 0.15) is 6.04 Å². The fourth-order valence-electron chi connectivity index (χ4n) is 1.65. The molecule has 1 aromatic carbocycles. The molecule has 0 fully saturated rings. The maximum Gasteiger partial charge on any atom is 0.418 e. The van der Waals surface area contributed by atoms with Gasteiger partial charge in [-0.1, -0.05) is 11.6 Å². The first-order valence-corrected chi connectivity index (χ1v) is 6.73. The van der Waals surface area contributed by atoms with E-state index in [1.807, 2.05) is 0 Å². The molecule has 1 unspecified atom stereocenters. The predicted molar refractivity (Wildman–Crippen MR) is 77.4 cm³/mol. The van der Waals surface area contributed by atoms with Crippen LogP contribution >= 0.6 is 11.6 Å². The molecular weight excluding hydrogens is 305 g/mol. The van der Waals surface area contributed by atoms with Gasteiger partial charge in [-0.05, 0) is 45.9 Å². The maximum atomic E-state index is 13.0. The van der Waals surface area contributed by atoms with Crippen LogP contribution in [0, 0.1) is 0 Å². The van der Waals surface area contributed by atoms with E-state index in [-0.39, 0.29) is 16.6 Å². The van der Waals surface area contributed by atoms with E-state index in [4.69, 9.17) is 11.6 Å². The van der Waals surface area contributed by atoms with Crippen molar-refractivity contribution in [2.24, 2.45) is 0 Å². The summed E-state index contributed by atoms with van der Waals surface area (Å²) in [6, 6.07) is 2.57. The molecule has 0 spiro atoms. The number of amides is 1. The Hall–Kier alpha value is -1.43. The standard InChI is InChI=1S/C14H18ClF3N2O/c1-8(12(21)20-13(2,3)4)19-11-6-5-9(15)7-10(11)14(16,17)18/h5-8,19H,1-4H3,(H,20,21). The van der Waals surface area contributed by atoms with E-state index in [0.29, 0.717) is 0 Å². The molecule has 0 bridgehead atoms. The number of alkyl halides is 3. The Labute approximate surface area is 126 Å². The van der Waals surface area contributed by atoms with Crippen LogP contribution in [0.4, 0.5) is 18.9 Å². The van der Waals surface area contributed by atoms with Crippen LogP contribution in [0.2, 0.25) is 5.02 Å². The van der Waals surface area contributed by atoms with E-state index < -0.39 is 23.3 Å². The first-order chi connectivity index (χ1) is 9.40. The molecular formula is C14H18ClF3N2O. The van der Waals surface area contributed by atoms with E-state index in [2.05, 4.69) is 10.6 Å². The molecule has 1 aromatic rings. The summed E-state index contributed by atoms with van der Waals surface area (Å²) in [6.45, 7) is 6.87. The summed E-state index contributed by atoms with van der Waals surface area (Å²) in [5.74, 6) is -0.384. The van der Waals surface area contributed by atoms with E-state index >= 15 is 0 Å². The number of carbonyl (C=O) groups excluding carboxylic acids is 1. The summed E-state index contributed by atoms with van der Waals surface area (Å²) in [4.78, 5) is 11.9. The van der Waals surface area contributed by atoms with Crippen LogP contribution in [-0.4, -0.2) is 17.5 Å². The molecule has 0 aromatic heterocycles. The first kappa shape index (κ1) is 17.6. The molecule has 1 rings (SSSR count). The van der Waals surface area contributed by atoms with E-state index in [0.717, 1.165) is 6.07 Å². The molecule has 118 valence electrons. The van der Waals surface area contributed by atoms with Crippen molar-refractivity contribution in [1.29, 1.82) is 0 Å². The van der Waals surface area contributed by atoms with Crippen LogP contribution in [-0.2, 0) is 11.0 Å². The lowest BCUT2D eigenvalue weighted by atomic mass is 10.1. The molecule has 0 aliphatic carbocycles. The zero-order valence-corrected chi connectivity index (χ0v) is 13.0. The third kappa shape index (κ3) is 5.46. The maximum absolute atomic E-state index is 13.0. The summed E-state index contributed by atoms with van der Waals surface area (Å²) in [7, 11) is 0. The SMILES string of the molecule is CC(Nc1ccc(Cl)cc1C(F)(F)F)C(=O)NC(C)(C)C. The predicted octanol–water partition coefficient (Wildman–Crippen LogP) is 4.07. The van der Waals surface area contributed by atoms with Gasteiger partial charge < -0.3 is 10.6 Å². The Bertz CT molecular complexity index is 524. The summed E-state index contributed by atoms with van der Waals surface area (Å²) in [5.41, 5.74) is -1.53. The van der Waals surface area contributed by atoms with Crippen LogP contribution in [0.3, 0.4) is 0 Å². The zero-order valence-electron chi connectivity index (χ0n) is 12.2. The number of benzene rings is 1. The van der Waals surface area contributed by atoms with Crippen molar-refractivity contribution in [2.45, 2.75) is 45.5 Å². The van der Waals surface area contributed by atoms with Gasteiger partial charge in [0.05, 0.1) is 5.56 Å². The van der Waals surface area contributed by atoms with Gasteiger partial charge in [-0.2, -0.15) is 13.2 Å². The minimum Gasteiger partial charge on any atom is -0.373 e. The number of halogens is 4. The average Bonchev–Trinajstić information content (AvgIpc) is 2.27. The summed E-state index contributed by atoms with van der Waals surface area (Å²) in [5, 5.41) is 5.26. The number of carbonyl (C=O) groups is 1. The van der Waals surface area contributed by atoms with Crippen LogP contribution in [0.15, 0.2) is 18.2 Å². The van der Waals surface area contributed by atoms with Crippen LogP contribution in [0.25, 0.3) is 0 Å². The Morgan fingerprint density at radius 1 is 1.24 bits per heavy atom. The highest BCUT2D eigenvalue weighted by Crippen LogP contribution is 2.36. The third-order valence-corrected chi connectivity index (χ3v) is 2.79. The van der Waals surface area contributed by atoms with Gasteiger partial charge in [0.25, 0.3) is 0 Å². The van der Waals surface area contributed by atoms with Crippen molar-refractivity contribution in [3.05, 3.63) is 28.8 Å². The molecule has 2 N–H and O–H groups in total. The van der Waals surface area contributed by atoms with Crippen LogP contribution in [0.5, 0.6) is 0 Å². The molecule has 0 saturated carbocycles. The molecule has 3 nitrogen and oxygen atoms in total. The lowest BCUT2D eigenvalue weighted by Crippen LogP contribution is -2.47. The monoisotopic (exact) mass is 322 g/mol. The van der Waals surface area contributed by atoms with Gasteiger partial charge in [0.15, 0.2) is 0 Å². The van der Waals surface area contributed by atoms with Gasteiger partial charge in [0.2, 0.25) is 5.91 Å². The van der Waals surface area contributed by atoms with E-state index in [1.54, 1.807) is 20.8 Å². The lowest BCUT2D eigenvalue weighted by molar-refractivity contribution is -0.137. The molecule has 1 atom stereocenters. The second-order valence-electron chi connectivity index (χ2n) is 5.79. The normalized spacial score (nSPS) is 13.7. The lowest BCUT2D eigenvalue weighted by Gasteiger charge is -2.25. The third-order valence-electron chi connectivity index (χ3n) is 2.55. The van der Waals surface area contributed by atoms with Gasteiger partial charge in [-0.15, -0.1) is 0 Å². The van der Waals surface area contributed by atoms with Gasteiger partial charge in [0, 0.05) is 16.2 Å². The van der Waals surface area contributed by atoms with Crippen LogP contribution < -0.4 is 10.6 Å². The molecule has 0 aliphatic rings. The van der Waals surface area contributed by atoms with Crippen molar-refractivity contribution in [3.63, 3.8) is 0 Å². The average molecular weight is 323 g/mol. The Kier molecular flexibility index (Phi) is 5.15. The summed E-state index contributed by atoms with van der Waals surface area (Å²) in [6.07, 6.45) is -4.55. The van der Waals surface area contributed by atoms with Crippen molar-refractivity contribution < 1.29 is 18.0 Å². The minimum absolute atomic E-state index is 0.0142. The highest BCUT2D eigenvalue weighted by atomic mass is 35.5. The van der Waals surface area contributed by atoms with Crippen LogP contribution in [0.1, 0.15) is 33.3 Å². The molecule has 0 radical (unpaired) electrons. The summed E-state index contributed by atoms with van der Waals surface area (Å²) < 4.78 is 38.9. The Balaban J connectivity index is 2.95. The fourth-order valence-corrected chi connectivity index (χ4v) is 1.83. The molecule has 0 saturated heterocycles. The number of anilines is 1. The molecule has 1 amide bonds. The van der Waals surface area contributed by atoms with Gasteiger partial charge in [-0.25, -0.2) is 0 Å². The van der Waals surface area contributed by atoms with Crippen molar-refractivity contribution in [3.8, 4) is 0 Å². The molecule has 21 heavy (non-hydrogen) atoms. The number of hydrogen-bond acceptors (Lipinski definition) is 2. The van der Waals surface area contributed by atoms with Crippen molar-refractivity contribution >= 4 is 23.2 Å². The smallest absolute Gasteiger partial charge is 0.373 e. The van der Waals surface area contributed by atoms with Crippen molar-refractivity contribution in [1.82, 2.24) is 5.32 Å². The highest BCUT2D eigenvalue weighted by Gasteiger charge is 2.34. The second kappa shape index (κ2) is 6.13. The largest absolute Gasteiger partial charge is 0.418 e. The number of hydrogen-bond donors (Lipinski definition) is 2. The Morgan fingerprint density at radius 2 is 1.81 bits per heavy atom. The second-order valence-corrected chi connectivity index (χ2v) is 6.23. The molecule has 0 aliphatic heterocycles. The van der Waals surface area contributed by atoms with E-state index in [1.165, 1.54) is 19.1 Å². The quantitative estimate of drug-likeness (QED) is 0.880. The minimum atomic E-state index is -4.55. The Morgan fingerprint density at radius 3 is 2.29 bits per heavy atom. The van der Waals surface area contributed by atoms with E-state index in [9.17, 15) is 18.0 Å². The molecule has 0 heterocycles. The number of rotatable bonds is 3. The molecule has 7 heteroatoms. The zero-order chi connectivity index (χ0) is 16.4. The topological polar surface area (TPSA) is 41.1 Å². The number of nitrogens with one attached hydrogen (secondary N) is 2. The van der Waals surface area contributed by atoms with Crippen molar-refractivity contribution in [2.75, 3.05) is 5.32 Å². The fraction of sp³-hybridized carbons (Fsp3) is 0.500.